The van der Waals surface area contributed by atoms with Crippen LogP contribution in [-0.2, 0) is 5.33 Å². The number of thiol groups is 1. The Hall–Kier alpha value is -0.190. The Balaban J connectivity index is 2.88. The molecular weight excluding hydrogens is 266 g/mol. The molecule has 2 rings (SSSR count). The number of halogens is 1. The van der Waals surface area contributed by atoms with Gasteiger partial charge in [-0.3, -0.25) is 0 Å². The van der Waals surface area contributed by atoms with Crippen LogP contribution in [0.15, 0.2) is 22.4 Å². The zero-order valence-electron chi connectivity index (χ0n) is 6.75. The van der Waals surface area contributed by atoms with E-state index in [0.29, 0.717) is 0 Å². The van der Waals surface area contributed by atoms with Crippen LogP contribution in [0.3, 0.4) is 0 Å². The first-order valence-electron chi connectivity index (χ1n) is 3.77. The summed E-state index contributed by atoms with van der Waals surface area (Å²) in [6.07, 6.45) is 0. The molecule has 1 aromatic carbocycles. The minimum absolute atomic E-state index is 0.796. The predicted octanol–water partition coefficient (Wildman–Crippen LogP) is 3.67. The molecule has 0 fully saturated rings. The van der Waals surface area contributed by atoms with E-state index in [2.05, 4.69) is 34.6 Å². The van der Waals surface area contributed by atoms with E-state index in [1.54, 1.807) is 11.3 Å². The van der Waals surface area contributed by atoms with Crippen LogP contribution in [0.4, 0.5) is 5.69 Å². The largest absolute Gasteiger partial charge is 0.398 e. The Bertz CT molecular complexity index is 450. The van der Waals surface area contributed by atoms with E-state index in [4.69, 9.17) is 5.73 Å². The molecule has 4 heteroatoms. The Labute approximate surface area is 94.5 Å². The van der Waals surface area contributed by atoms with Gasteiger partial charge in [0.2, 0.25) is 0 Å². The van der Waals surface area contributed by atoms with Crippen LogP contribution < -0.4 is 5.73 Å². The van der Waals surface area contributed by atoms with Crippen molar-refractivity contribution in [2.75, 3.05) is 5.73 Å². The maximum Gasteiger partial charge on any atom is 0.0506 e. The standard InChI is InChI=1S/C9H8BrNS2/c10-3-5-7(12)1-2-8-9(5)6(11)4-13-8/h1-2,4,12H,3,11H2. The van der Waals surface area contributed by atoms with Gasteiger partial charge in [0.05, 0.1) is 5.69 Å². The van der Waals surface area contributed by atoms with E-state index < -0.39 is 0 Å². The van der Waals surface area contributed by atoms with E-state index >= 15 is 0 Å². The van der Waals surface area contributed by atoms with Crippen molar-refractivity contribution in [2.45, 2.75) is 10.2 Å². The number of hydrogen-bond donors (Lipinski definition) is 2. The summed E-state index contributed by atoms with van der Waals surface area (Å²) in [6, 6.07) is 4.07. The van der Waals surface area contributed by atoms with E-state index in [-0.39, 0.29) is 0 Å². The average molecular weight is 274 g/mol. The molecule has 13 heavy (non-hydrogen) atoms. The van der Waals surface area contributed by atoms with Crippen LogP contribution in [0.5, 0.6) is 0 Å². The second-order valence-corrected chi connectivity index (χ2v) is 4.71. The lowest BCUT2D eigenvalue weighted by atomic mass is 10.1. The molecule has 0 amide bonds. The summed E-state index contributed by atoms with van der Waals surface area (Å²) in [4.78, 5) is 0.995. The fourth-order valence-corrected chi connectivity index (χ4v) is 3.29. The molecule has 1 aromatic heterocycles. The van der Waals surface area contributed by atoms with Gasteiger partial charge in [0.25, 0.3) is 0 Å². The highest BCUT2D eigenvalue weighted by Crippen LogP contribution is 2.35. The highest BCUT2D eigenvalue weighted by molar-refractivity contribution is 9.08. The number of fused-ring (bicyclic) bond motifs is 1. The average Bonchev–Trinajstić information content (AvgIpc) is 2.49. The number of nitrogen functional groups attached to an aromatic ring is 1. The van der Waals surface area contributed by atoms with Crippen LogP contribution in [0.25, 0.3) is 10.1 Å². The van der Waals surface area contributed by atoms with Gasteiger partial charge in [-0.05, 0) is 17.7 Å². The van der Waals surface area contributed by atoms with Crippen LogP contribution in [-0.4, -0.2) is 0 Å². The maximum absolute atomic E-state index is 5.88. The molecule has 0 radical (unpaired) electrons. The summed E-state index contributed by atoms with van der Waals surface area (Å²) in [5, 5.41) is 3.92. The zero-order chi connectivity index (χ0) is 9.42. The second kappa shape index (κ2) is 3.52. The Morgan fingerprint density at radius 2 is 2.23 bits per heavy atom. The molecule has 0 spiro atoms. The number of benzene rings is 1. The Kier molecular flexibility index (Phi) is 2.53. The zero-order valence-corrected chi connectivity index (χ0v) is 10.0. The number of rotatable bonds is 1. The first-order valence-corrected chi connectivity index (χ1v) is 6.22. The summed E-state index contributed by atoms with van der Waals surface area (Å²) in [5.74, 6) is 0. The summed E-state index contributed by atoms with van der Waals surface area (Å²) in [6.45, 7) is 0. The van der Waals surface area contributed by atoms with E-state index in [9.17, 15) is 0 Å². The third-order valence-corrected chi connectivity index (χ3v) is 3.93. The Morgan fingerprint density at radius 1 is 1.46 bits per heavy atom. The third-order valence-electron chi connectivity index (χ3n) is 1.99. The van der Waals surface area contributed by atoms with Crippen LogP contribution in [0.2, 0.25) is 0 Å². The molecule has 68 valence electrons. The summed E-state index contributed by atoms with van der Waals surface area (Å²) in [7, 11) is 0. The SMILES string of the molecule is Nc1csc2ccc(S)c(CBr)c12. The number of hydrogen-bond acceptors (Lipinski definition) is 3. The predicted molar refractivity (Wildman–Crippen MR) is 66.1 cm³/mol. The molecule has 2 N–H and O–H groups in total. The normalized spacial score (nSPS) is 10.9. The molecule has 0 bridgehead atoms. The first-order chi connectivity index (χ1) is 6.24. The number of nitrogens with two attached hydrogens (primary N) is 1. The second-order valence-electron chi connectivity index (χ2n) is 2.76. The van der Waals surface area contributed by atoms with Crippen LogP contribution >= 0.6 is 39.9 Å². The maximum atomic E-state index is 5.88. The summed E-state index contributed by atoms with van der Waals surface area (Å²) in [5.41, 5.74) is 7.91. The number of alkyl halides is 1. The molecule has 2 aromatic rings. The minimum Gasteiger partial charge on any atom is -0.398 e. The van der Waals surface area contributed by atoms with E-state index in [0.717, 1.165) is 21.3 Å². The van der Waals surface area contributed by atoms with Crippen molar-refractivity contribution in [3.8, 4) is 0 Å². The van der Waals surface area contributed by atoms with Crippen molar-refractivity contribution in [3.05, 3.63) is 23.1 Å². The monoisotopic (exact) mass is 273 g/mol. The van der Waals surface area contributed by atoms with Crippen molar-refractivity contribution in [2.24, 2.45) is 0 Å². The van der Waals surface area contributed by atoms with Gasteiger partial charge < -0.3 is 5.73 Å². The van der Waals surface area contributed by atoms with Crippen molar-refractivity contribution < 1.29 is 0 Å². The minimum atomic E-state index is 0.796. The van der Waals surface area contributed by atoms with Crippen LogP contribution in [0.1, 0.15) is 5.56 Å². The van der Waals surface area contributed by atoms with Crippen molar-refractivity contribution in [1.29, 1.82) is 0 Å². The Morgan fingerprint density at radius 3 is 2.92 bits per heavy atom. The third kappa shape index (κ3) is 1.47. The van der Waals surface area contributed by atoms with Crippen LogP contribution in [0, 0.1) is 0 Å². The van der Waals surface area contributed by atoms with Crippen molar-refractivity contribution >= 4 is 55.7 Å². The number of anilines is 1. The molecule has 1 nitrogen and oxygen atoms in total. The first kappa shape index (κ1) is 9.37. The fourth-order valence-electron chi connectivity index (χ4n) is 1.35. The topological polar surface area (TPSA) is 26.0 Å². The molecule has 0 aliphatic heterocycles. The highest BCUT2D eigenvalue weighted by atomic mass is 79.9. The van der Waals surface area contributed by atoms with Crippen molar-refractivity contribution in [1.82, 2.24) is 0 Å². The van der Waals surface area contributed by atoms with Gasteiger partial charge >= 0.3 is 0 Å². The van der Waals surface area contributed by atoms with E-state index in [1.165, 1.54) is 10.3 Å². The molecular formula is C9H8BrNS2. The molecule has 0 saturated carbocycles. The molecule has 0 unspecified atom stereocenters. The molecule has 0 atom stereocenters. The van der Waals surface area contributed by atoms with Gasteiger partial charge in [0.15, 0.2) is 0 Å². The van der Waals surface area contributed by atoms with Gasteiger partial charge in [-0.1, -0.05) is 15.9 Å². The van der Waals surface area contributed by atoms with Gasteiger partial charge in [-0.15, -0.1) is 24.0 Å². The summed E-state index contributed by atoms with van der Waals surface area (Å²) < 4.78 is 1.23. The molecule has 0 aliphatic rings. The van der Waals surface area contributed by atoms with Gasteiger partial charge in [-0.2, -0.15) is 0 Å². The van der Waals surface area contributed by atoms with Gasteiger partial charge in [0.1, 0.15) is 0 Å². The summed E-state index contributed by atoms with van der Waals surface area (Å²) >= 11 is 9.52. The number of thiophene rings is 1. The van der Waals surface area contributed by atoms with Gasteiger partial charge in [0, 0.05) is 25.7 Å². The quantitative estimate of drug-likeness (QED) is 0.602. The lowest BCUT2D eigenvalue weighted by Crippen LogP contribution is -1.87. The van der Waals surface area contributed by atoms with E-state index in [1.807, 2.05) is 11.4 Å². The molecule has 0 aliphatic carbocycles. The van der Waals surface area contributed by atoms with Crippen molar-refractivity contribution in [3.63, 3.8) is 0 Å². The molecule has 0 saturated heterocycles. The smallest absolute Gasteiger partial charge is 0.0506 e. The fraction of sp³-hybridized carbons (Fsp3) is 0.111. The highest BCUT2D eigenvalue weighted by Gasteiger charge is 2.08. The molecule has 1 heterocycles. The lowest BCUT2D eigenvalue weighted by Gasteiger charge is -2.03. The lowest BCUT2D eigenvalue weighted by molar-refractivity contribution is 1.34. The van der Waals surface area contributed by atoms with Gasteiger partial charge in [-0.25, -0.2) is 0 Å².